The molecule has 0 atom stereocenters. The number of rotatable bonds is 1. The molecule has 18 heavy (non-hydrogen) atoms. The minimum absolute atomic E-state index is 0.0258. The molecule has 0 aliphatic carbocycles. The van der Waals surface area contributed by atoms with Gasteiger partial charge in [0.25, 0.3) is 5.56 Å². The van der Waals surface area contributed by atoms with Crippen molar-refractivity contribution in [1.29, 1.82) is 5.26 Å². The second-order valence-corrected chi connectivity index (χ2v) is 4.42. The molecule has 2 rings (SSSR count). The van der Waals surface area contributed by atoms with Crippen molar-refractivity contribution in [3.05, 3.63) is 20.8 Å². The number of ether oxygens (including phenoxy) is 1. The predicted molar refractivity (Wildman–Crippen MR) is 67.3 cm³/mol. The van der Waals surface area contributed by atoms with E-state index in [2.05, 4.69) is 9.72 Å². The molecule has 0 saturated carbocycles. The van der Waals surface area contributed by atoms with E-state index in [-0.39, 0.29) is 26.6 Å². The number of fused-ring (bicyclic) bond motifs is 1. The number of pyridine rings is 1. The van der Waals surface area contributed by atoms with Gasteiger partial charge in [0.1, 0.15) is 22.3 Å². The zero-order valence-electron chi connectivity index (χ0n) is 9.23. The molecule has 0 saturated heterocycles. The molecule has 0 spiro atoms. The SMILES string of the molecule is COC(=O)c1sc2c(C#N)c(=O)[nH]c(N)c2c1N. The van der Waals surface area contributed by atoms with Crippen molar-refractivity contribution >= 4 is 38.9 Å². The van der Waals surface area contributed by atoms with Crippen LogP contribution in [0, 0.1) is 11.3 Å². The average Bonchev–Trinajstić information content (AvgIpc) is 2.67. The third-order valence-electron chi connectivity index (χ3n) is 2.40. The summed E-state index contributed by atoms with van der Waals surface area (Å²) in [5.74, 6) is -0.609. The Kier molecular flexibility index (Phi) is 2.68. The Balaban J connectivity index is 2.97. The van der Waals surface area contributed by atoms with E-state index in [4.69, 9.17) is 16.7 Å². The van der Waals surface area contributed by atoms with E-state index >= 15 is 0 Å². The number of H-pyrrole nitrogens is 1. The maximum Gasteiger partial charge on any atom is 0.350 e. The van der Waals surface area contributed by atoms with Crippen molar-refractivity contribution in [1.82, 2.24) is 4.98 Å². The highest BCUT2D eigenvalue weighted by molar-refractivity contribution is 7.21. The first-order valence-electron chi connectivity index (χ1n) is 4.73. The number of nitriles is 1. The highest BCUT2D eigenvalue weighted by atomic mass is 32.1. The smallest absolute Gasteiger partial charge is 0.350 e. The van der Waals surface area contributed by atoms with Gasteiger partial charge in [-0.1, -0.05) is 0 Å². The van der Waals surface area contributed by atoms with Crippen LogP contribution in [-0.2, 0) is 4.74 Å². The van der Waals surface area contributed by atoms with Gasteiger partial charge in [-0.25, -0.2) is 4.79 Å². The predicted octanol–water partition coefficient (Wildman–Crippen LogP) is 0.412. The normalized spacial score (nSPS) is 10.2. The molecule has 0 unspecified atom stereocenters. The molecule has 2 aromatic rings. The van der Waals surface area contributed by atoms with Crippen LogP contribution in [0.1, 0.15) is 15.2 Å². The average molecular weight is 264 g/mol. The maximum atomic E-state index is 11.5. The summed E-state index contributed by atoms with van der Waals surface area (Å²) in [6.07, 6.45) is 0. The topological polar surface area (TPSA) is 135 Å². The first-order chi connectivity index (χ1) is 8.51. The zero-order valence-corrected chi connectivity index (χ0v) is 10.1. The van der Waals surface area contributed by atoms with E-state index in [0.717, 1.165) is 11.3 Å². The molecule has 0 bridgehead atoms. The van der Waals surface area contributed by atoms with Crippen molar-refractivity contribution in [2.45, 2.75) is 0 Å². The van der Waals surface area contributed by atoms with E-state index in [1.54, 1.807) is 6.07 Å². The molecule has 0 fully saturated rings. The maximum absolute atomic E-state index is 11.5. The number of hydrogen-bond donors (Lipinski definition) is 3. The van der Waals surface area contributed by atoms with E-state index in [1.165, 1.54) is 7.11 Å². The molecule has 0 aromatic carbocycles. The lowest BCUT2D eigenvalue weighted by Crippen LogP contribution is -2.12. The second kappa shape index (κ2) is 4.05. The molecule has 0 radical (unpaired) electrons. The molecule has 8 heteroatoms. The molecule has 2 aromatic heterocycles. The number of nitrogens with two attached hydrogens (primary N) is 2. The third kappa shape index (κ3) is 1.49. The summed E-state index contributed by atoms with van der Waals surface area (Å²) in [5.41, 5.74) is 10.8. The van der Waals surface area contributed by atoms with Gasteiger partial charge < -0.3 is 21.2 Å². The zero-order chi connectivity index (χ0) is 13.4. The lowest BCUT2D eigenvalue weighted by atomic mass is 10.2. The van der Waals surface area contributed by atoms with Crippen LogP contribution in [0.2, 0.25) is 0 Å². The first kappa shape index (κ1) is 11.9. The van der Waals surface area contributed by atoms with Gasteiger partial charge in [-0.15, -0.1) is 11.3 Å². The van der Waals surface area contributed by atoms with E-state index in [1.807, 2.05) is 0 Å². The number of methoxy groups -OCH3 is 1. The number of carbonyl (C=O) groups excluding carboxylic acids is 1. The summed E-state index contributed by atoms with van der Waals surface area (Å²) >= 11 is 0.914. The standard InChI is InChI=1S/C10H8N4O3S/c1-17-10(16)7-5(12)4-6(18-7)3(2-11)9(15)14-8(4)13/h12H2,1H3,(H3,13,14,15). The third-order valence-corrected chi connectivity index (χ3v) is 3.60. The minimum atomic E-state index is -0.635. The van der Waals surface area contributed by atoms with Gasteiger partial charge in [-0.3, -0.25) is 4.79 Å². The van der Waals surface area contributed by atoms with Gasteiger partial charge in [0.15, 0.2) is 0 Å². The number of aromatic amines is 1. The number of thiophene rings is 1. The molecular weight excluding hydrogens is 256 g/mol. The van der Waals surface area contributed by atoms with Crippen molar-refractivity contribution < 1.29 is 9.53 Å². The Bertz CT molecular complexity index is 753. The van der Waals surface area contributed by atoms with Crippen molar-refractivity contribution in [2.75, 3.05) is 18.6 Å². The fourth-order valence-corrected chi connectivity index (χ4v) is 2.73. The summed E-state index contributed by atoms with van der Waals surface area (Å²) in [7, 11) is 1.21. The molecule has 2 heterocycles. The van der Waals surface area contributed by atoms with Gasteiger partial charge in [-0.05, 0) is 0 Å². The van der Waals surface area contributed by atoms with Gasteiger partial charge in [0.05, 0.1) is 22.9 Å². The Morgan fingerprint density at radius 1 is 1.50 bits per heavy atom. The first-order valence-corrected chi connectivity index (χ1v) is 5.55. The Labute approximate surface area is 105 Å². The van der Waals surface area contributed by atoms with Crippen LogP contribution in [0.3, 0.4) is 0 Å². The highest BCUT2D eigenvalue weighted by Crippen LogP contribution is 2.37. The van der Waals surface area contributed by atoms with Crippen molar-refractivity contribution in [3.63, 3.8) is 0 Å². The fraction of sp³-hybridized carbons (Fsp3) is 0.100. The number of carbonyl (C=O) groups is 1. The van der Waals surface area contributed by atoms with Crippen LogP contribution < -0.4 is 17.0 Å². The summed E-state index contributed by atoms with van der Waals surface area (Å²) < 4.78 is 4.86. The lowest BCUT2D eigenvalue weighted by molar-refractivity contribution is 0.0607. The number of anilines is 2. The highest BCUT2D eigenvalue weighted by Gasteiger charge is 2.22. The minimum Gasteiger partial charge on any atom is -0.465 e. The van der Waals surface area contributed by atoms with Crippen LogP contribution in [0.25, 0.3) is 10.1 Å². The number of esters is 1. The molecule has 7 nitrogen and oxygen atoms in total. The number of nitrogen functional groups attached to an aromatic ring is 2. The molecule has 0 amide bonds. The van der Waals surface area contributed by atoms with E-state index < -0.39 is 11.5 Å². The monoisotopic (exact) mass is 264 g/mol. The summed E-state index contributed by atoms with van der Waals surface area (Å²) in [4.78, 5) is 25.5. The van der Waals surface area contributed by atoms with E-state index in [0.29, 0.717) is 5.39 Å². The number of nitrogens with one attached hydrogen (secondary N) is 1. The Morgan fingerprint density at radius 2 is 2.17 bits per heavy atom. The van der Waals surface area contributed by atoms with Gasteiger partial charge in [-0.2, -0.15) is 5.26 Å². The molecule has 5 N–H and O–H groups in total. The van der Waals surface area contributed by atoms with Crippen molar-refractivity contribution in [2.24, 2.45) is 0 Å². The quantitative estimate of drug-likeness (QED) is 0.638. The molecule has 92 valence electrons. The van der Waals surface area contributed by atoms with E-state index in [9.17, 15) is 9.59 Å². The van der Waals surface area contributed by atoms with Crippen LogP contribution >= 0.6 is 11.3 Å². The summed E-state index contributed by atoms with van der Waals surface area (Å²) in [5, 5.41) is 9.24. The fourth-order valence-electron chi connectivity index (χ4n) is 1.58. The number of hydrogen-bond acceptors (Lipinski definition) is 7. The van der Waals surface area contributed by atoms with Crippen LogP contribution in [-0.4, -0.2) is 18.1 Å². The second-order valence-electron chi connectivity index (χ2n) is 3.40. The number of nitrogens with zero attached hydrogens (tertiary/aromatic N) is 1. The van der Waals surface area contributed by atoms with Crippen molar-refractivity contribution in [3.8, 4) is 6.07 Å². The van der Waals surface area contributed by atoms with Crippen LogP contribution in [0.4, 0.5) is 11.5 Å². The number of aromatic nitrogens is 1. The Hall–Kier alpha value is -2.53. The molecule has 0 aliphatic rings. The van der Waals surface area contributed by atoms with Crippen LogP contribution in [0.15, 0.2) is 4.79 Å². The van der Waals surface area contributed by atoms with Gasteiger partial charge >= 0.3 is 5.97 Å². The largest absolute Gasteiger partial charge is 0.465 e. The lowest BCUT2D eigenvalue weighted by Gasteiger charge is -1.99. The van der Waals surface area contributed by atoms with Crippen LogP contribution in [0.5, 0.6) is 0 Å². The summed E-state index contributed by atoms with van der Waals surface area (Å²) in [6.45, 7) is 0. The Morgan fingerprint density at radius 3 is 2.72 bits per heavy atom. The summed E-state index contributed by atoms with van der Waals surface area (Å²) in [6, 6.07) is 1.77. The molecule has 0 aliphatic heterocycles. The van der Waals surface area contributed by atoms with Gasteiger partial charge in [0.2, 0.25) is 0 Å². The van der Waals surface area contributed by atoms with Gasteiger partial charge in [0, 0.05) is 0 Å². The molecular formula is C10H8N4O3S.